The van der Waals surface area contributed by atoms with Gasteiger partial charge in [-0.3, -0.25) is 4.99 Å². The third-order valence-electron chi connectivity index (χ3n) is 5.51. The van der Waals surface area contributed by atoms with Gasteiger partial charge in [0.15, 0.2) is 0 Å². The van der Waals surface area contributed by atoms with Crippen molar-refractivity contribution in [2.24, 2.45) is 15.8 Å². The molecule has 5 nitrogen and oxygen atoms in total. The fourth-order valence-electron chi connectivity index (χ4n) is 3.67. The largest absolute Gasteiger partial charge is 0.457 e. The summed E-state index contributed by atoms with van der Waals surface area (Å²) in [6.45, 7) is 4.36. The summed E-state index contributed by atoms with van der Waals surface area (Å²) in [6.07, 6.45) is 11.4. The van der Waals surface area contributed by atoms with Gasteiger partial charge < -0.3 is 4.74 Å². The summed E-state index contributed by atoms with van der Waals surface area (Å²) < 4.78 is 6.02. The Morgan fingerprint density at radius 1 is 0.967 bits per heavy atom. The molecule has 30 heavy (non-hydrogen) atoms. The van der Waals surface area contributed by atoms with E-state index in [0.29, 0.717) is 5.92 Å². The zero-order valence-corrected chi connectivity index (χ0v) is 17.0. The zero-order chi connectivity index (χ0) is 20.7. The first-order chi connectivity index (χ1) is 14.5. The van der Waals surface area contributed by atoms with E-state index in [9.17, 15) is 0 Å². The van der Waals surface area contributed by atoms with Crippen LogP contribution in [0, 0.1) is 0 Å². The topological polar surface area (TPSA) is 60.0 Å². The van der Waals surface area contributed by atoms with E-state index < -0.39 is 0 Å². The fourth-order valence-corrected chi connectivity index (χ4v) is 3.67. The van der Waals surface area contributed by atoms with Crippen molar-refractivity contribution in [1.29, 1.82) is 0 Å². The third-order valence-corrected chi connectivity index (χ3v) is 5.51. The van der Waals surface area contributed by atoms with Gasteiger partial charge in [0.2, 0.25) is 5.70 Å². The van der Waals surface area contributed by atoms with Gasteiger partial charge >= 0.3 is 0 Å². The monoisotopic (exact) mass is 395 g/mol. The molecule has 0 fully saturated rings. The highest BCUT2D eigenvalue weighted by molar-refractivity contribution is 6.01. The summed E-state index contributed by atoms with van der Waals surface area (Å²) in [7, 11) is 0. The molecule has 3 aliphatic rings. The summed E-state index contributed by atoms with van der Waals surface area (Å²) in [5.41, 5.74) is 5.04. The lowest BCUT2D eigenvalue weighted by atomic mass is 10.0. The predicted molar refractivity (Wildman–Crippen MR) is 120 cm³/mol. The number of allylic oxidation sites excluding steroid dienone is 4. The molecule has 5 rings (SSSR count). The molecule has 2 N–H and O–H groups in total. The van der Waals surface area contributed by atoms with Crippen LogP contribution in [0.2, 0.25) is 0 Å². The number of amidine groups is 1. The number of ether oxygens (including phenoxy) is 1. The van der Waals surface area contributed by atoms with Crippen LogP contribution in [0.15, 0.2) is 106 Å². The van der Waals surface area contributed by atoms with Crippen LogP contribution < -0.4 is 10.6 Å². The maximum atomic E-state index is 6.74. The van der Waals surface area contributed by atoms with E-state index in [1.807, 2.05) is 60.8 Å². The van der Waals surface area contributed by atoms with Crippen LogP contribution in [0.25, 0.3) is 0 Å². The van der Waals surface area contributed by atoms with Crippen LogP contribution in [0.1, 0.15) is 30.9 Å². The summed E-state index contributed by atoms with van der Waals surface area (Å²) in [6, 6.07) is 16.1. The van der Waals surface area contributed by atoms with Gasteiger partial charge in [0.25, 0.3) is 5.84 Å². The van der Waals surface area contributed by atoms with Gasteiger partial charge in [-0.2, -0.15) is 10.8 Å². The van der Waals surface area contributed by atoms with E-state index in [1.54, 1.807) is 12.4 Å². The van der Waals surface area contributed by atoms with E-state index in [4.69, 9.17) is 15.6 Å². The Morgan fingerprint density at radius 2 is 1.63 bits per heavy atom. The molecule has 2 aliphatic heterocycles. The molecule has 148 valence electrons. The van der Waals surface area contributed by atoms with Gasteiger partial charge in [-0.15, -0.1) is 4.59 Å². The molecule has 2 heterocycles. The molecule has 5 heteroatoms. The van der Waals surface area contributed by atoms with Crippen molar-refractivity contribution in [2.45, 2.75) is 19.8 Å². The Hall–Kier alpha value is -3.54. The molecule has 2 aromatic rings. The first-order valence-corrected chi connectivity index (χ1v) is 10.0. The molecule has 0 spiro atoms. The predicted octanol–water partition coefficient (Wildman–Crippen LogP) is 5.32. The number of fused-ring (bicyclic) bond motifs is 1. The second kappa shape index (κ2) is 7.06. The van der Waals surface area contributed by atoms with Crippen LogP contribution in [0.4, 0.5) is 0 Å². The smallest absolute Gasteiger partial charge is 0.265 e. The Bertz CT molecular complexity index is 1180. The molecule has 0 amide bonds. The molecule has 0 radical (unpaired) electrons. The lowest BCUT2D eigenvalue weighted by Crippen LogP contribution is -2.53. The Labute approximate surface area is 176 Å². The molecule has 0 saturated heterocycles. The molecule has 1 atom stereocenters. The number of hydrogen-bond acceptors (Lipinski definition) is 4. The minimum atomic E-state index is 0.0148. The van der Waals surface area contributed by atoms with E-state index in [0.717, 1.165) is 39.9 Å². The van der Waals surface area contributed by atoms with E-state index in [1.165, 1.54) is 5.56 Å². The summed E-state index contributed by atoms with van der Waals surface area (Å²) in [5, 5.41) is 0. The van der Waals surface area contributed by atoms with Crippen LogP contribution in [-0.2, 0) is 0 Å². The maximum absolute atomic E-state index is 6.74. The third kappa shape index (κ3) is 3.05. The second-order valence-electron chi connectivity index (χ2n) is 7.85. The minimum Gasteiger partial charge on any atom is -0.457 e. The van der Waals surface area contributed by atoms with Crippen LogP contribution in [0.3, 0.4) is 0 Å². The number of nitrogens with two attached hydrogens (primary N) is 1. The van der Waals surface area contributed by atoms with Crippen molar-refractivity contribution in [1.82, 2.24) is 0 Å². The number of hydrogen-bond donors (Lipinski definition) is 1. The Balaban J connectivity index is 1.40. The van der Waals surface area contributed by atoms with Gasteiger partial charge in [-0.25, -0.2) is 0 Å². The maximum Gasteiger partial charge on any atom is 0.265 e. The Kier molecular flexibility index (Phi) is 4.35. The molecule has 1 aliphatic carbocycles. The Morgan fingerprint density at radius 3 is 2.23 bits per heavy atom. The normalized spacial score (nSPS) is 21.5. The first kappa shape index (κ1) is 18.5. The number of nitrogens with zero attached hydrogens (tertiary/aromatic N) is 3. The van der Waals surface area contributed by atoms with Crippen molar-refractivity contribution in [3.63, 3.8) is 0 Å². The molecular formula is C25H23N4O+. The van der Waals surface area contributed by atoms with E-state index in [2.05, 4.69) is 31.0 Å². The van der Waals surface area contributed by atoms with Gasteiger partial charge in [-0.1, -0.05) is 44.2 Å². The van der Waals surface area contributed by atoms with Crippen LogP contribution in [0.5, 0.6) is 11.5 Å². The van der Waals surface area contributed by atoms with Gasteiger partial charge in [0.1, 0.15) is 23.4 Å². The SMILES string of the molecule is CC(C)c1ccc(Oc2ccc(C3=NC(C4=CC=C4)=C4C=NC=C[N+]34N)cc2)cc1. The van der Waals surface area contributed by atoms with Crippen molar-refractivity contribution in [2.75, 3.05) is 0 Å². The van der Waals surface area contributed by atoms with Gasteiger partial charge in [-0.05, 0) is 47.9 Å². The van der Waals surface area contributed by atoms with Crippen molar-refractivity contribution in [3.8, 4) is 11.5 Å². The van der Waals surface area contributed by atoms with Gasteiger partial charge in [0.05, 0.1) is 18.0 Å². The summed E-state index contributed by atoms with van der Waals surface area (Å²) in [4.78, 5) is 9.14. The number of benzene rings is 2. The van der Waals surface area contributed by atoms with E-state index >= 15 is 0 Å². The van der Waals surface area contributed by atoms with Crippen LogP contribution >= 0.6 is 0 Å². The van der Waals surface area contributed by atoms with E-state index in [-0.39, 0.29) is 4.59 Å². The first-order valence-electron chi connectivity index (χ1n) is 10.0. The highest BCUT2D eigenvalue weighted by atomic mass is 16.5. The average molecular weight is 395 g/mol. The highest BCUT2D eigenvalue weighted by Gasteiger charge is 2.44. The molecule has 0 bridgehead atoms. The van der Waals surface area contributed by atoms with Crippen LogP contribution in [-0.4, -0.2) is 16.6 Å². The summed E-state index contributed by atoms with van der Waals surface area (Å²) >= 11 is 0. The number of rotatable bonds is 5. The second-order valence-corrected chi connectivity index (χ2v) is 7.85. The number of aliphatic imine (C=N–C) groups is 2. The van der Waals surface area contributed by atoms with Crippen molar-refractivity contribution < 1.29 is 9.33 Å². The molecule has 2 aromatic carbocycles. The molecule has 0 aromatic heterocycles. The van der Waals surface area contributed by atoms with Gasteiger partial charge in [0, 0.05) is 5.57 Å². The molecule has 0 saturated carbocycles. The highest BCUT2D eigenvalue weighted by Crippen LogP contribution is 2.36. The minimum absolute atomic E-state index is 0.0148. The van der Waals surface area contributed by atoms with Crippen molar-refractivity contribution >= 4 is 12.1 Å². The van der Waals surface area contributed by atoms with Crippen molar-refractivity contribution in [3.05, 3.63) is 107 Å². The number of quaternary nitrogens is 1. The lowest BCUT2D eigenvalue weighted by Gasteiger charge is -2.26. The quantitative estimate of drug-likeness (QED) is 0.550. The lowest BCUT2D eigenvalue weighted by molar-refractivity contribution is -0.750. The standard InChI is InChI=1S/C25H23N4O/c1-17(2)18-6-10-21(11-7-18)30-22-12-8-20(9-13-22)25-28-24(19-4-3-5-19)23-16-27-14-15-29(23,25)26/h3-17H,26H2,1-2H3/q+1. The summed E-state index contributed by atoms with van der Waals surface area (Å²) in [5.74, 6) is 9.58. The average Bonchev–Trinajstić information content (AvgIpc) is 3.01. The molecular weight excluding hydrogens is 372 g/mol. The zero-order valence-electron chi connectivity index (χ0n) is 17.0. The fraction of sp³-hybridized carbons (Fsp3) is 0.120. The molecule has 1 unspecified atom stereocenters.